The molecule has 3 aromatic rings. The Hall–Kier alpha value is -2.73. The maximum absolute atomic E-state index is 12.1. The van der Waals surface area contributed by atoms with E-state index >= 15 is 0 Å². The fraction of sp³-hybridized carbons (Fsp3) is 0.286. The summed E-state index contributed by atoms with van der Waals surface area (Å²) in [4.78, 5) is 27.7. The number of carboxylic acid groups (broad SMARTS) is 1. The number of hydrogen-bond donors (Lipinski definition) is 2. The summed E-state index contributed by atoms with van der Waals surface area (Å²) in [5.74, 6) is -1.45. The van der Waals surface area contributed by atoms with E-state index in [9.17, 15) is 9.59 Å². The van der Waals surface area contributed by atoms with Gasteiger partial charge in [-0.05, 0) is 56.0 Å². The molecular formula is C21H22N2O3S. The van der Waals surface area contributed by atoms with Gasteiger partial charge in [-0.1, -0.05) is 24.3 Å². The zero-order valence-electron chi connectivity index (χ0n) is 15.1. The van der Waals surface area contributed by atoms with Crippen molar-refractivity contribution in [2.45, 2.75) is 38.5 Å². The maximum Gasteiger partial charge on any atom is 0.310 e. The average molecular weight is 382 g/mol. The predicted octanol–water partition coefficient (Wildman–Crippen LogP) is 4.84. The van der Waals surface area contributed by atoms with Gasteiger partial charge in [0.2, 0.25) is 5.91 Å². The van der Waals surface area contributed by atoms with Gasteiger partial charge in [-0.3, -0.25) is 9.59 Å². The number of aliphatic carboxylic acids is 1. The molecule has 2 aromatic carbocycles. The molecule has 0 bridgehead atoms. The normalized spacial score (nSPS) is 12.0. The second-order valence-electron chi connectivity index (χ2n) is 6.51. The van der Waals surface area contributed by atoms with Gasteiger partial charge in [0.15, 0.2) is 0 Å². The van der Waals surface area contributed by atoms with Crippen molar-refractivity contribution in [1.82, 2.24) is 4.98 Å². The monoisotopic (exact) mass is 382 g/mol. The van der Waals surface area contributed by atoms with Crippen molar-refractivity contribution < 1.29 is 14.7 Å². The standard InChI is InChI=1S/C21H22N2O3S/c1-14(21(25)26)15-10-12-16(13-11-15)22-19(24)8-4-5-9-20-23-17-6-2-3-7-18(17)27-20/h2-3,6-7,10-14H,4-5,8-9H2,1H3,(H,22,24)(H,25,26). The highest BCUT2D eigenvalue weighted by molar-refractivity contribution is 7.18. The lowest BCUT2D eigenvalue weighted by molar-refractivity contribution is -0.138. The summed E-state index contributed by atoms with van der Waals surface area (Å²) in [6, 6.07) is 15.1. The van der Waals surface area contributed by atoms with Gasteiger partial charge < -0.3 is 10.4 Å². The summed E-state index contributed by atoms with van der Waals surface area (Å²) in [5, 5.41) is 13.0. The quantitative estimate of drug-likeness (QED) is 0.547. The largest absolute Gasteiger partial charge is 0.481 e. The number of anilines is 1. The molecule has 0 aliphatic heterocycles. The summed E-state index contributed by atoms with van der Waals surface area (Å²) in [7, 11) is 0. The summed E-state index contributed by atoms with van der Waals surface area (Å²) in [6.07, 6.45) is 3.06. The van der Waals surface area contributed by atoms with Gasteiger partial charge in [0, 0.05) is 12.1 Å². The van der Waals surface area contributed by atoms with E-state index in [1.807, 2.05) is 18.2 Å². The molecule has 140 valence electrons. The third-order valence-electron chi connectivity index (χ3n) is 4.45. The van der Waals surface area contributed by atoms with Crippen LogP contribution in [0.5, 0.6) is 0 Å². The van der Waals surface area contributed by atoms with Crippen LogP contribution in [0.4, 0.5) is 5.69 Å². The minimum absolute atomic E-state index is 0.0293. The van der Waals surface area contributed by atoms with Crippen molar-refractivity contribution in [2.75, 3.05) is 5.32 Å². The van der Waals surface area contributed by atoms with Crippen molar-refractivity contribution in [3.8, 4) is 0 Å². The van der Waals surface area contributed by atoms with Crippen molar-refractivity contribution in [2.24, 2.45) is 0 Å². The fourth-order valence-electron chi connectivity index (χ4n) is 2.81. The smallest absolute Gasteiger partial charge is 0.310 e. The fourth-order valence-corrected chi connectivity index (χ4v) is 3.82. The van der Waals surface area contributed by atoms with E-state index in [-0.39, 0.29) is 5.91 Å². The lowest BCUT2D eigenvalue weighted by Gasteiger charge is -2.09. The second-order valence-corrected chi connectivity index (χ2v) is 7.63. The Morgan fingerprint density at radius 3 is 2.56 bits per heavy atom. The molecule has 0 aliphatic rings. The van der Waals surface area contributed by atoms with Gasteiger partial charge in [0.1, 0.15) is 0 Å². The number of para-hydroxylation sites is 1. The summed E-state index contributed by atoms with van der Waals surface area (Å²) < 4.78 is 1.20. The molecule has 0 radical (unpaired) electrons. The predicted molar refractivity (Wildman–Crippen MR) is 108 cm³/mol. The highest BCUT2D eigenvalue weighted by Gasteiger charge is 2.13. The van der Waals surface area contributed by atoms with Crippen LogP contribution in [0.25, 0.3) is 10.2 Å². The molecule has 6 heteroatoms. The van der Waals surface area contributed by atoms with Crippen molar-refractivity contribution in [3.05, 3.63) is 59.1 Å². The first-order valence-corrected chi connectivity index (χ1v) is 9.81. The Labute approximate surface area is 162 Å². The van der Waals surface area contributed by atoms with Gasteiger partial charge in [0.25, 0.3) is 0 Å². The molecule has 0 saturated carbocycles. The summed E-state index contributed by atoms with van der Waals surface area (Å²) in [5.41, 5.74) is 2.44. The van der Waals surface area contributed by atoms with Crippen molar-refractivity contribution >= 4 is 39.1 Å². The van der Waals surface area contributed by atoms with Crippen LogP contribution in [-0.2, 0) is 16.0 Å². The molecule has 1 unspecified atom stereocenters. The van der Waals surface area contributed by atoms with Gasteiger partial charge in [-0.25, -0.2) is 4.98 Å². The van der Waals surface area contributed by atoms with Crippen LogP contribution in [0.2, 0.25) is 0 Å². The Bertz CT molecular complexity index is 901. The van der Waals surface area contributed by atoms with E-state index in [0.29, 0.717) is 12.1 Å². The number of thiazole rings is 1. The van der Waals surface area contributed by atoms with E-state index in [1.165, 1.54) is 4.70 Å². The van der Waals surface area contributed by atoms with Gasteiger partial charge in [0.05, 0.1) is 21.1 Å². The Morgan fingerprint density at radius 2 is 1.85 bits per heavy atom. The van der Waals surface area contributed by atoms with Gasteiger partial charge >= 0.3 is 5.97 Å². The Kier molecular flexibility index (Phi) is 6.19. The SMILES string of the molecule is CC(C(=O)O)c1ccc(NC(=O)CCCCc2nc3ccccc3s2)cc1. The number of carbonyl (C=O) groups excluding carboxylic acids is 1. The lowest BCUT2D eigenvalue weighted by Crippen LogP contribution is -2.12. The number of benzene rings is 2. The molecule has 1 atom stereocenters. The number of fused-ring (bicyclic) bond motifs is 1. The number of nitrogens with one attached hydrogen (secondary N) is 1. The molecule has 1 aromatic heterocycles. The number of carbonyl (C=O) groups is 2. The first kappa shape index (κ1) is 19.0. The van der Waals surface area contributed by atoms with Gasteiger partial charge in [-0.2, -0.15) is 0 Å². The molecule has 0 spiro atoms. The zero-order chi connectivity index (χ0) is 19.2. The molecule has 27 heavy (non-hydrogen) atoms. The van der Waals surface area contributed by atoms with E-state index < -0.39 is 11.9 Å². The minimum Gasteiger partial charge on any atom is -0.481 e. The first-order valence-electron chi connectivity index (χ1n) is 9.00. The Morgan fingerprint density at radius 1 is 1.11 bits per heavy atom. The molecule has 1 amide bonds. The van der Waals surface area contributed by atoms with Crippen molar-refractivity contribution in [1.29, 1.82) is 0 Å². The van der Waals surface area contributed by atoms with Crippen LogP contribution in [-0.4, -0.2) is 22.0 Å². The van der Waals surface area contributed by atoms with Crippen LogP contribution < -0.4 is 5.32 Å². The number of amides is 1. The highest BCUT2D eigenvalue weighted by Crippen LogP contribution is 2.23. The zero-order valence-corrected chi connectivity index (χ0v) is 16.0. The summed E-state index contributed by atoms with van der Waals surface area (Å²) >= 11 is 1.71. The van der Waals surface area contributed by atoms with E-state index in [2.05, 4.69) is 16.4 Å². The van der Waals surface area contributed by atoms with Crippen LogP contribution in [0.3, 0.4) is 0 Å². The van der Waals surface area contributed by atoms with Crippen LogP contribution in [0, 0.1) is 0 Å². The third-order valence-corrected chi connectivity index (χ3v) is 5.54. The molecule has 0 aliphatic carbocycles. The number of carboxylic acids is 1. The first-order chi connectivity index (χ1) is 13.0. The Balaban J connectivity index is 1.42. The number of nitrogens with zero attached hydrogens (tertiary/aromatic N) is 1. The number of aromatic nitrogens is 1. The lowest BCUT2D eigenvalue weighted by atomic mass is 10.0. The molecular weight excluding hydrogens is 360 g/mol. The maximum atomic E-state index is 12.1. The number of aryl methyl sites for hydroxylation is 1. The van der Waals surface area contributed by atoms with Crippen LogP contribution in [0.15, 0.2) is 48.5 Å². The van der Waals surface area contributed by atoms with Crippen LogP contribution >= 0.6 is 11.3 Å². The number of rotatable bonds is 8. The number of hydrogen-bond acceptors (Lipinski definition) is 4. The van der Waals surface area contributed by atoms with Crippen LogP contribution in [0.1, 0.15) is 42.7 Å². The molecule has 1 heterocycles. The van der Waals surface area contributed by atoms with E-state index in [1.54, 1.807) is 42.5 Å². The topological polar surface area (TPSA) is 79.3 Å². The molecule has 2 N–H and O–H groups in total. The third kappa shape index (κ3) is 5.14. The van der Waals surface area contributed by atoms with E-state index in [4.69, 9.17) is 5.11 Å². The average Bonchev–Trinajstić information content (AvgIpc) is 3.08. The minimum atomic E-state index is -0.861. The molecule has 0 saturated heterocycles. The number of unbranched alkanes of at least 4 members (excludes halogenated alkanes) is 1. The molecule has 3 rings (SSSR count). The summed E-state index contributed by atoms with van der Waals surface area (Å²) in [6.45, 7) is 1.64. The molecule has 0 fully saturated rings. The highest BCUT2D eigenvalue weighted by atomic mass is 32.1. The van der Waals surface area contributed by atoms with E-state index in [0.717, 1.165) is 35.4 Å². The van der Waals surface area contributed by atoms with Crippen molar-refractivity contribution in [3.63, 3.8) is 0 Å². The molecule has 5 nitrogen and oxygen atoms in total. The second kappa shape index (κ2) is 8.77. The van der Waals surface area contributed by atoms with Gasteiger partial charge in [-0.15, -0.1) is 11.3 Å².